The highest BCUT2D eigenvalue weighted by atomic mass is 127. The fourth-order valence-electron chi connectivity index (χ4n) is 1.50. The van der Waals surface area contributed by atoms with E-state index >= 15 is 0 Å². The number of hydrogen-bond donors (Lipinski definition) is 0. The molecular formula is C11H8IN3S. The van der Waals surface area contributed by atoms with Gasteiger partial charge in [0.25, 0.3) is 0 Å². The molecule has 80 valence electrons. The molecule has 2 heterocycles. The van der Waals surface area contributed by atoms with Crippen LogP contribution >= 0.6 is 34.4 Å². The molecule has 0 unspecified atom stereocenters. The van der Waals surface area contributed by atoms with E-state index < -0.39 is 0 Å². The number of hydrogen-bond acceptors (Lipinski definition) is 3. The zero-order chi connectivity index (χ0) is 11.0. The van der Waals surface area contributed by atoms with Crippen molar-refractivity contribution in [2.24, 2.45) is 0 Å². The van der Waals surface area contributed by atoms with Gasteiger partial charge in [-0.3, -0.25) is 0 Å². The van der Waals surface area contributed by atoms with Crippen LogP contribution in [0.25, 0.3) is 17.6 Å². The Morgan fingerprint density at radius 2 is 2.06 bits per heavy atom. The van der Waals surface area contributed by atoms with E-state index in [1.807, 2.05) is 41.2 Å². The highest BCUT2D eigenvalue weighted by Gasteiger charge is 2.14. The molecule has 0 atom stereocenters. The number of nitrogens with zero attached hydrogens (tertiary/aromatic N) is 3. The molecule has 0 saturated carbocycles. The van der Waals surface area contributed by atoms with Gasteiger partial charge in [-0.2, -0.15) is 0 Å². The minimum absolute atomic E-state index is 0.797. The molecule has 1 aliphatic rings. The average molecular weight is 341 g/mol. The molecule has 0 amide bonds. The first-order valence-corrected chi connectivity index (χ1v) is 6.90. The van der Waals surface area contributed by atoms with Crippen LogP contribution in [0.5, 0.6) is 0 Å². The lowest BCUT2D eigenvalue weighted by molar-refractivity contribution is 0.826. The quantitative estimate of drug-likeness (QED) is 0.746. The lowest BCUT2D eigenvalue weighted by Gasteiger charge is -2.06. The van der Waals surface area contributed by atoms with Crippen molar-refractivity contribution in [2.75, 3.05) is 5.75 Å². The molecular weight excluding hydrogens is 333 g/mol. The molecule has 0 fully saturated rings. The van der Waals surface area contributed by atoms with Crippen LogP contribution in [0.4, 0.5) is 0 Å². The van der Waals surface area contributed by atoms with E-state index in [4.69, 9.17) is 0 Å². The molecule has 3 nitrogen and oxygen atoms in total. The molecule has 16 heavy (non-hydrogen) atoms. The van der Waals surface area contributed by atoms with Gasteiger partial charge in [0.15, 0.2) is 11.0 Å². The number of aromatic nitrogens is 3. The molecule has 5 heteroatoms. The highest BCUT2D eigenvalue weighted by Crippen LogP contribution is 2.29. The first-order chi connectivity index (χ1) is 7.83. The molecule has 0 bridgehead atoms. The summed E-state index contributed by atoms with van der Waals surface area (Å²) in [7, 11) is 0. The Kier molecular flexibility index (Phi) is 2.72. The van der Waals surface area contributed by atoms with Gasteiger partial charge in [0.1, 0.15) is 0 Å². The van der Waals surface area contributed by atoms with Crippen LogP contribution in [0.2, 0.25) is 0 Å². The van der Waals surface area contributed by atoms with Gasteiger partial charge < -0.3 is 0 Å². The van der Waals surface area contributed by atoms with Gasteiger partial charge in [-0.15, -0.1) is 5.10 Å². The summed E-state index contributed by atoms with van der Waals surface area (Å²) in [5.74, 6) is 1.79. The van der Waals surface area contributed by atoms with Gasteiger partial charge >= 0.3 is 0 Å². The average Bonchev–Trinajstić information content (AvgIpc) is 2.73. The molecule has 0 spiro atoms. The summed E-state index contributed by atoms with van der Waals surface area (Å²) >= 11 is 4.06. The number of rotatable bonds is 1. The number of fused-ring (bicyclic) bond motifs is 1. The van der Waals surface area contributed by atoms with Crippen LogP contribution in [-0.4, -0.2) is 20.5 Å². The second-order valence-electron chi connectivity index (χ2n) is 3.39. The summed E-state index contributed by atoms with van der Waals surface area (Å²) < 4.78 is 3.15. The van der Waals surface area contributed by atoms with Crippen LogP contribution in [0.3, 0.4) is 0 Å². The van der Waals surface area contributed by atoms with Gasteiger partial charge in [0.2, 0.25) is 0 Å². The van der Waals surface area contributed by atoms with Crippen molar-refractivity contribution in [1.82, 2.24) is 14.8 Å². The summed E-state index contributed by atoms with van der Waals surface area (Å²) in [6.45, 7) is 0. The Hall–Kier alpha value is -0.820. The molecule has 0 radical (unpaired) electrons. The third-order valence-electron chi connectivity index (χ3n) is 2.23. The summed E-state index contributed by atoms with van der Waals surface area (Å²) in [4.78, 5) is 4.52. The first kappa shape index (κ1) is 10.3. The van der Waals surface area contributed by atoms with Gasteiger partial charge in [-0.05, 0) is 22.6 Å². The van der Waals surface area contributed by atoms with E-state index in [9.17, 15) is 0 Å². The first-order valence-electron chi connectivity index (χ1n) is 4.84. The second kappa shape index (κ2) is 4.21. The Bertz CT molecular complexity index is 548. The predicted molar refractivity (Wildman–Crippen MR) is 74.5 cm³/mol. The fourth-order valence-corrected chi connectivity index (χ4v) is 2.95. The van der Waals surface area contributed by atoms with Crippen LogP contribution in [0, 0.1) is 0 Å². The number of benzene rings is 1. The lowest BCUT2D eigenvalue weighted by Crippen LogP contribution is -1.99. The van der Waals surface area contributed by atoms with Crippen molar-refractivity contribution in [3.8, 4) is 11.4 Å². The van der Waals surface area contributed by atoms with Gasteiger partial charge in [-0.25, -0.2) is 9.67 Å². The monoisotopic (exact) mass is 341 g/mol. The topological polar surface area (TPSA) is 30.7 Å². The Balaban J connectivity index is 2.06. The summed E-state index contributed by atoms with van der Waals surface area (Å²) in [5, 5.41) is 5.45. The normalized spacial score (nSPS) is 14.4. The standard InChI is InChI=1S/C11H8IN3S/c12-9-6-15-11(16-7-9)13-10(14-15)8-4-2-1-3-5-8/h1-6H,7H2. The summed E-state index contributed by atoms with van der Waals surface area (Å²) in [5.41, 5.74) is 1.06. The van der Waals surface area contributed by atoms with E-state index in [0.29, 0.717) is 0 Å². The maximum absolute atomic E-state index is 4.52. The fraction of sp³-hybridized carbons (Fsp3) is 0.0909. The molecule has 1 aliphatic heterocycles. The van der Waals surface area contributed by atoms with Crippen LogP contribution in [0.15, 0.2) is 39.1 Å². The van der Waals surface area contributed by atoms with Crippen LogP contribution in [0.1, 0.15) is 0 Å². The van der Waals surface area contributed by atoms with Crippen molar-refractivity contribution in [1.29, 1.82) is 0 Å². The van der Waals surface area contributed by atoms with Crippen LogP contribution < -0.4 is 0 Å². The van der Waals surface area contributed by atoms with Gasteiger partial charge in [-0.1, -0.05) is 42.1 Å². The van der Waals surface area contributed by atoms with E-state index in [0.717, 1.165) is 22.3 Å². The lowest BCUT2D eigenvalue weighted by atomic mass is 10.2. The SMILES string of the molecule is IC1=Cn2nc(-c3ccccc3)nc2SC1. The number of thioether (sulfide) groups is 1. The highest BCUT2D eigenvalue weighted by molar-refractivity contribution is 14.1. The Morgan fingerprint density at radius 3 is 2.88 bits per heavy atom. The molecule has 0 N–H and O–H groups in total. The van der Waals surface area contributed by atoms with Crippen molar-refractivity contribution in [3.63, 3.8) is 0 Å². The van der Waals surface area contributed by atoms with Gasteiger partial charge in [0, 0.05) is 21.1 Å². The van der Waals surface area contributed by atoms with E-state index in [2.05, 4.69) is 32.7 Å². The predicted octanol–water partition coefficient (Wildman–Crippen LogP) is 3.28. The molecule has 3 rings (SSSR count). The van der Waals surface area contributed by atoms with E-state index in [1.165, 1.54) is 3.58 Å². The molecule has 0 aliphatic carbocycles. The van der Waals surface area contributed by atoms with E-state index in [-0.39, 0.29) is 0 Å². The van der Waals surface area contributed by atoms with Crippen molar-refractivity contribution in [3.05, 3.63) is 33.9 Å². The maximum atomic E-state index is 4.52. The molecule has 1 aromatic heterocycles. The van der Waals surface area contributed by atoms with Crippen molar-refractivity contribution < 1.29 is 0 Å². The summed E-state index contributed by atoms with van der Waals surface area (Å²) in [6, 6.07) is 10.1. The molecule has 1 aromatic carbocycles. The van der Waals surface area contributed by atoms with Crippen molar-refractivity contribution >= 4 is 40.6 Å². The zero-order valence-corrected chi connectivity index (χ0v) is 11.3. The van der Waals surface area contributed by atoms with E-state index in [1.54, 1.807) is 11.8 Å². The summed E-state index contributed by atoms with van der Waals surface area (Å²) in [6.07, 6.45) is 2.03. The molecule has 0 saturated heterocycles. The minimum atomic E-state index is 0.797. The third kappa shape index (κ3) is 1.89. The maximum Gasteiger partial charge on any atom is 0.191 e. The van der Waals surface area contributed by atoms with Gasteiger partial charge in [0.05, 0.1) is 0 Å². The smallest absolute Gasteiger partial charge is 0.191 e. The third-order valence-corrected chi connectivity index (χ3v) is 4.40. The van der Waals surface area contributed by atoms with Crippen molar-refractivity contribution in [2.45, 2.75) is 5.16 Å². The number of halogens is 1. The Morgan fingerprint density at radius 1 is 1.25 bits per heavy atom. The largest absolute Gasteiger partial charge is 0.214 e. The second-order valence-corrected chi connectivity index (χ2v) is 5.72. The zero-order valence-electron chi connectivity index (χ0n) is 8.30. The van der Waals surface area contributed by atoms with Crippen LogP contribution in [-0.2, 0) is 0 Å². The molecule has 2 aromatic rings. The Labute approximate surface area is 111 Å². The minimum Gasteiger partial charge on any atom is -0.214 e.